The number of nitrogens with zero attached hydrogens (tertiary/aromatic N) is 2. The average molecular weight is 417 g/mol. The summed E-state index contributed by atoms with van der Waals surface area (Å²) in [6.07, 6.45) is 3.56. The average Bonchev–Trinajstić information content (AvgIpc) is 2.77. The minimum absolute atomic E-state index is 0.143. The monoisotopic (exact) mass is 416 g/mol. The van der Waals surface area contributed by atoms with Crippen molar-refractivity contribution >= 4 is 17.6 Å². The summed E-state index contributed by atoms with van der Waals surface area (Å²) < 4.78 is 11.3. The first-order valence-electron chi connectivity index (χ1n) is 10.0. The van der Waals surface area contributed by atoms with Gasteiger partial charge in [-0.05, 0) is 50.1 Å². The minimum atomic E-state index is -0.143. The predicted octanol–water partition coefficient (Wildman–Crippen LogP) is 3.55. The van der Waals surface area contributed by atoms with E-state index in [1.54, 1.807) is 13.3 Å². The highest BCUT2D eigenvalue weighted by molar-refractivity contribution is 6.30. The zero-order valence-corrected chi connectivity index (χ0v) is 17.8. The molecule has 1 aliphatic heterocycles. The van der Waals surface area contributed by atoms with Gasteiger partial charge < -0.3 is 20.1 Å². The van der Waals surface area contributed by atoms with Gasteiger partial charge in [-0.15, -0.1) is 0 Å². The van der Waals surface area contributed by atoms with Crippen LogP contribution in [0.4, 0.5) is 0 Å². The number of hydrogen-bond acceptors (Lipinski definition) is 4. The smallest absolute Gasteiger partial charge is 0.191 e. The topological polar surface area (TPSA) is 67.8 Å². The number of hydrogen-bond donors (Lipinski definition) is 2. The molecule has 0 amide bonds. The Morgan fingerprint density at radius 3 is 2.76 bits per heavy atom. The van der Waals surface area contributed by atoms with E-state index in [0.717, 1.165) is 42.4 Å². The van der Waals surface area contributed by atoms with Crippen LogP contribution >= 0.6 is 11.6 Å². The molecular formula is C22H29ClN4O2. The molecule has 1 saturated heterocycles. The third-order valence-electron chi connectivity index (χ3n) is 5.25. The van der Waals surface area contributed by atoms with E-state index in [0.29, 0.717) is 31.3 Å². The quantitative estimate of drug-likeness (QED) is 0.533. The maximum Gasteiger partial charge on any atom is 0.191 e. The van der Waals surface area contributed by atoms with Crippen molar-refractivity contribution in [3.05, 3.63) is 58.9 Å². The van der Waals surface area contributed by atoms with Crippen LogP contribution in [0, 0.1) is 0 Å². The van der Waals surface area contributed by atoms with Crippen molar-refractivity contribution in [3.8, 4) is 5.75 Å². The lowest BCUT2D eigenvalue weighted by Crippen LogP contribution is -2.48. The third-order valence-corrected chi connectivity index (χ3v) is 5.48. The molecule has 29 heavy (non-hydrogen) atoms. The molecule has 156 valence electrons. The number of halogens is 1. The van der Waals surface area contributed by atoms with Gasteiger partial charge in [0, 0.05) is 48.5 Å². The molecule has 0 unspecified atom stereocenters. The van der Waals surface area contributed by atoms with Crippen LogP contribution in [0.3, 0.4) is 0 Å². The van der Waals surface area contributed by atoms with Crippen molar-refractivity contribution in [2.45, 2.75) is 31.7 Å². The van der Waals surface area contributed by atoms with Crippen LogP contribution in [0.1, 0.15) is 31.0 Å². The molecule has 7 heteroatoms. The lowest BCUT2D eigenvalue weighted by atomic mass is 9.73. The fourth-order valence-corrected chi connectivity index (χ4v) is 3.82. The minimum Gasteiger partial charge on any atom is -0.496 e. The van der Waals surface area contributed by atoms with E-state index in [2.05, 4.69) is 22.5 Å². The molecule has 1 aromatic carbocycles. The molecule has 0 atom stereocenters. The number of aliphatic imine (C=N–C) groups is 1. The lowest BCUT2D eigenvalue weighted by molar-refractivity contribution is 0.0505. The van der Waals surface area contributed by atoms with Gasteiger partial charge in [0.25, 0.3) is 0 Å². The molecule has 3 rings (SSSR count). The van der Waals surface area contributed by atoms with Crippen molar-refractivity contribution in [3.63, 3.8) is 0 Å². The highest BCUT2D eigenvalue weighted by atomic mass is 35.5. The van der Waals surface area contributed by atoms with Gasteiger partial charge in [-0.2, -0.15) is 0 Å². The zero-order valence-electron chi connectivity index (χ0n) is 17.1. The van der Waals surface area contributed by atoms with Gasteiger partial charge in [-0.1, -0.05) is 17.7 Å². The number of benzene rings is 1. The first-order valence-corrected chi connectivity index (χ1v) is 10.4. The Labute approximate surface area is 177 Å². The van der Waals surface area contributed by atoms with Crippen LogP contribution in [0.15, 0.2) is 47.6 Å². The highest BCUT2D eigenvalue weighted by Crippen LogP contribution is 2.40. The first kappa shape index (κ1) is 21.4. The molecule has 0 aliphatic carbocycles. The normalized spacial score (nSPS) is 16.3. The molecule has 0 spiro atoms. The zero-order chi connectivity index (χ0) is 20.5. The van der Waals surface area contributed by atoms with Crippen LogP contribution in [0.2, 0.25) is 5.02 Å². The summed E-state index contributed by atoms with van der Waals surface area (Å²) >= 11 is 6.33. The van der Waals surface area contributed by atoms with Gasteiger partial charge in [0.2, 0.25) is 0 Å². The summed E-state index contributed by atoms with van der Waals surface area (Å²) in [6.45, 7) is 5.48. The number of ether oxygens (including phenoxy) is 2. The molecule has 0 radical (unpaired) electrons. The van der Waals surface area contributed by atoms with Crippen molar-refractivity contribution in [1.29, 1.82) is 0 Å². The van der Waals surface area contributed by atoms with Crippen LogP contribution in [-0.4, -0.2) is 44.4 Å². The molecule has 2 aromatic rings. The van der Waals surface area contributed by atoms with Gasteiger partial charge in [0.15, 0.2) is 5.96 Å². The fourth-order valence-electron chi connectivity index (χ4n) is 3.64. The summed E-state index contributed by atoms with van der Waals surface area (Å²) in [5.74, 6) is 1.62. The largest absolute Gasteiger partial charge is 0.496 e. The summed E-state index contributed by atoms with van der Waals surface area (Å²) in [5, 5.41) is 7.56. The van der Waals surface area contributed by atoms with Crippen molar-refractivity contribution < 1.29 is 9.47 Å². The summed E-state index contributed by atoms with van der Waals surface area (Å²) in [5.41, 5.74) is 1.90. The van der Waals surface area contributed by atoms with Crippen LogP contribution in [0.25, 0.3) is 0 Å². The maximum absolute atomic E-state index is 6.33. The molecule has 2 N–H and O–H groups in total. The van der Waals surface area contributed by atoms with Crippen molar-refractivity contribution in [2.75, 3.05) is 33.4 Å². The highest BCUT2D eigenvalue weighted by Gasteiger charge is 2.37. The van der Waals surface area contributed by atoms with Gasteiger partial charge in [-0.3, -0.25) is 4.98 Å². The molecule has 0 saturated carbocycles. The van der Waals surface area contributed by atoms with Crippen LogP contribution in [-0.2, 0) is 16.7 Å². The van der Waals surface area contributed by atoms with Gasteiger partial charge in [0.05, 0.1) is 19.3 Å². The SMILES string of the molecule is CCNC(=NCc1ccccn1)NCC1(c2cc(Cl)ccc2OC)CCOCC1. The molecule has 1 aliphatic rings. The second-order valence-electron chi connectivity index (χ2n) is 7.11. The van der Waals surface area contributed by atoms with Crippen molar-refractivity contribution in [1.82, 2.24) is 15.6 Å². The second-order valence-corrected chi connectivity index (χ2v) is 7.54. The number of pyridine rings is 1. The molecular weight excluding hydrogens is 388 g/mol. The van der Waals surface area contributed by atoms with E-state index in [-0.39, 0.29) is 5.41 Å². The molecule has 1 aromatic heterocycles. The van der Waals surface area contributed by atoms with E-state index in [1.165, 1.54) is 0 Å². The number of nitrogens with one attached hydrogen (secondary N) is 2. The fraction of sp³-hybridized carbons (Fsp3) is 0.455. The Hall–Kier alpha value is -2.31. The Kier molecular flexibility index (Phi) is 7.72. The molecule has 0 bridgehead atoms. The van der Waals surface area contributed by atoms with E-state index < -0.39 is 0 Å². The number of rotatable bonds is 7. The van der Waals surface area contributed by atoms with E-state index >= 15 is 0 Å². The van der Waals surface area contributed by atoms with Crippen LogP contribution in [0.5, 0.6) is 5.75 Å². The second kappa shape index (κ2) is 10.5. The number of methoxy groups -OCH3 is 1. The third kappa shape index (κ3) is 5.61. The van der Waals surface area contributed by atoms with Crippen molar-refractivity contribution in [2.24, 2.45) is 4.99 Å². The van der Waals surface area contributed by atoms with Gasteiger partial charge >= 0.3 is 0 Å². The van der Waals surface area contributed by atoms with E-state index in [1.807, 2.05) is 36.4 Å². The van der Waals surface area contributed by atoms with Crippen LogP contribution < -0.4 is 15.4 Å². The first-order chi connectivity index (χ1) is 14.2. The Bertz CT molecular complexity index is 808. The van der Waals surface area contributed by atoms with Gasteiger partial charge in [0.1, 0.15) is 5.75 Å². The number of aromatic nitrogens is 1. The Morgan fingerprint density at radius 1 is 1.24 bits per heavy atom. The van der Waals surface area contributed by atoms with E-state index in [4.69, 9.17) is 26.1 Å². The molecule has 2 heterocycles. The summed E-state index contributed by atoms with van der Waals surface area (Å²) in [7, 11) is 1.70. The summed E-state index contributed by atoms with van der Waals surface area (Å²) in [6, 6.07) is 11.7. The Balaban J connectivity index is 1.81. The van der Waals surface area contributed by atoms with Gasteiger partial charge in [-0.25, -0.2) is 4.99 Å². The molecule has 1 fully saturated rings. The molecule has 6 nitrogen and oxygen atoms in total. The lowest BCUT2D eigenvalue weighted by Gasteiger charge is -2.39. The standard InChI is InChI=1S/C22H29ClN4O2/c1-3-24-21(26-15-18-6-4-5-11-25-18)27-16-22(9-12-29-13-10-22)19-14-17(23)7-8-20(19)28-2/h4-8,11,14H,3,9-10,12-13,15-16H2,1-2H3,(H2,24,26,27). The number of guanidine groups is 1. The Morgan fingerprint density at radius 2 is 2.07 bits per heavy atom. The summed E-state index contributed by atoms with van der Waals surface area (Å²) in [4.78, 5) is 9.04. The van der Waals surface area contributed by atoms with E-state index in [9.17, 15) is 0 Å². The predicted molar refractivity (Wildman–Crippen MR) is 117 cm³/mol. The maximum atomic E-state index is 6.33.